The highest BCUT2D eigenvalue weighted by Gasteiger charge is 2.32. The first-order chi connectivity index (χ1) is 6.55. The van der Waals surface area contributed by atoms with Crippen molar-refractivity contribution in [2.24, 2.45) is 0 Å². The summed E-state index contributed by atoms with van der Waals surface area (Å²) in [4.78, 5) is 0. The Morgan fingerprint density at radius 1 is 1.21 bits per heavy atom. The Hall–Kier alpha value is -0.123. The molecule has 0 fully saturated rings. The molecule has 1 atom stereocenters. The maximum atomic E-state index is 6.11. The van der Waals surface area contributed by atoms with E-state index < -0.39 is 8.32 Å². The van der Waals surface area contributed by atoms with Crippen molar-refractivity contribution in [3.8, 4) is 0 Å². The Balaban J connectivity index is 4.47. The maximum Gasteiger partial charge on any atom is 0.195 e. The SMILES string of the molecule is C=C(C)C(OC)O[Si](CC)(CC)CC. The molecule has 0 aromatic heterocycles. The first-order valence-electron chi connectivity index (χ1n) is 5.41. The van der Waals surface area contributed by atoms with Gasteiger partial charge in [0, 0.05) is 7.11 Å². The molecule has 0 bridgehead atoms. The van der Waals surface area contributed by atoms with Crippen LogP contribution in [0.2, 0.25) is 18.1 Å². The van der Waals surface area contributed by atoms with Crippen molar-refractivity contribution < 1.29 is 9.16 Å². The van der Waals surface area contributed by atoms with Crippen LogP contribution in [0.25, 0.3) is 0 Å². The van der Waals surface area contributed by atoms with E-state index in [-0.39, 0.29) is 6.29 Å². The minimum absolute atomic E-state index is 0.207. The Kier molecular flexibility index (Phi) is 6.32. The predicted molar refractivity (Wildman–Crippen MR) is 63.9 cm³/mol. The second-order valence-corrected chi connectivity index (χ2v) is 8.50. The third-order valence-corrected chi connectivity index (χ3v) is 7.49. The van der Waals surface area contributed by atoms with Crippen LogP contribution in [0.15, 0.2) is 12.2 Å². The van der Waals surface area contributed by atoms with Gasteiger partial charge in [-0.1, -0.05) is 27.4 Å². The Bertz CT molecular complexity index is 168. The van der Waals surface area contributed by atoms with E-state index in [1.165, 1.54) is 0 Å². The largest absolute Gasteiger partial charge is 0.389 e. The van der Waals surface area contributed by atoms with Gasteiger partial charge in [-0.05, 0) is 30.6 Å². The Morgan fingerprint density at radius 3 is 1.86 bits per heavy atom. The van der Waals surface area contributed by atoms with Gasteiger partial charge < -0.3 is 9.16 Å². The molecule has 14 heavy (non-hydrogen) atoms. The van der Waals surface area contributed by atoms with Crippen LogP contribution >= 0.6 is 0 Å². The fourth-order valence-electron chi connectivity index (χ4n) is 1.58. The minimum atomic E-state index is -1.55. The summed E-state index contributed by atoms with van der Waals surface area (Å²) in [6, 6.07) is 3.44. The highest BCUT2D eigenvalue weighted by molar-refractivity contribution is 6.73. The van der Waals surface area contributed by atoms with Crippen molar-refractivity contribution >= 4 is 8.32 Å². The normalized spacial score (nSPS) is 14.1. The highest BCUT2D eigenvalue weighted by Crippen LogP contribution is 2.25. The second-order valence-electron chi connectivity index (χ2n) is 3.78. The van der Waals surface area contributed by atoms with Gasteiger partial charge in [0.1, 0.15) is 0 Å². The van der Waals surface area contributed by atoms with E-state index in [2.05, 4.69) is 27.4 Å². The summed E-state index contributed by atoms with van der Waals surface area (Å²) in [6.07, 6.45) is -0.207. The molecule has 0 saturated heterocycles. The van der Waals surface area contributed by atoms with Crippen LogP contribution < -0.4 is 0 Å². The topological polar surface area (TPSA) is 18.5 Å². The van der Waals surface area contributed by atoms with E-state index >= 15 is 0 Å². The van der Waals surface area contributed by atoms with Crippen molar-refractivity contribution in [1.29, 1.82) is 0 Å². The summed E-state index contributed by atoms with van der Waals surface area (Å²) in [5, 5.41) is 0. The Labute approximate surface area is 89.4 Å². The summed E-state index contributed by atoms with van der Waals surface area (Å²) < 4.78 is 11.4. The van der Waals surface area contributed by atoms with Gasteiger partial charge in [-0.15, -0.1) is 0 Å². The van der Waals surface area contributed by atoms with Gasteiger partial charge >= 0.3 is 0 Å². The molecule has 2 nitrogen and oxygen atoms in total. The number of hydrogen-bond acceptors (Lipinski definition) is 2. The highest BCUT2D eigenvalue weighted by atomic mass is 28.4. The monoisotopic (exact) mass is 216 g/mol. The molecular weight excluding hydrogens is 192 g/mol. The van der Waals surface area contributed by atoms with Crippen molar-refractivity contribution in [3.63, 3.8) is 0 Å². The molecular formula is C11H24O2Si. The second kappa shape index (κ2) is 6.38. The molecule has 0 aliphatic heterocycles. The van der Waals surface area contributed by atoms with Crippen LogP contribution in [0.4, 0.5) is 0 Å². The summed E-state index contributed by atoms with van der Waals surface area (Å²) in [7, 11) is 0.130. The molecule has 0 aromatic carbocycles. The van der Waals surface area contributed by atoms with Crippen molar-refractivity contribution in [2.45, 2.75) is 52.1 Å². The number of ether oxygens (including phenoxy) is 1. The van der Waals surface area contributed by atoms with Gasteiger partial charge in [0.2, 0.25) is 0 Å². The van der Waals surface area contributed by atoms with Gasteiger partial charge in [-0.25, -0.2) is 0 Å². The van der Waals surface area contributed by atoms with Gasteiger partial charge in [0.15, 0.2) is 14.6 Å². The Morgan fingerprint density at radius 2 is 1.64 bits per heavy atom. The van der Waals surface area contributed by atoms with Crippen LogP contribution in [0, 0.1) is 0 Å². The lowest BCUT2D eigenvalue weighted by Crippen LogP contribution is -2.40. The summed E-state index contributed by atoms with van der Waals surface area (Å²) in [5.74, 6) is 0. The number of hydrogen-bond donors (Lipinski definition) is 0. The zero-order valence-corrected chi connectivity index (χ0v) is 11.2. The van der Waals surface area contributed by atoms with Crippen molar-refractivity contribution in [3.05, 3.63) is 12.2 Å². The lowest BCUT2D eigenvalue weighted by atomic mass is 10.3. The smallest absolute Gasteiger partial charge is 0.195 e. The van der Waals surface area contributed by atoms with E-state index in [1.54, 1.807) is 7.11 Å². The molecule has 0 saturated carbocycles. The molecule has 0 N–H and O–H groups in total. The van der Waals surface area contributed by atoms with Crippen molar-refractivity contribution in [1.82, 2.24) is 0 Å². The van der Waals surface area contributed by atoms with E-state index in [1.807, 2.05) is 6.92 Å². The zero-order chi connectivity index (χ0) is 11.2. The van der Waals surface area contributed by atoms with Crippen LogP contribution in [0.1, 0.15) is 27.7 Å². The van der Waals surface area contributed by atoms with E-state index in [4.69, 9.17) is 9.16 Å². The average molecular weight is 216 g/mol. The first-order valence-corrected chi connectivity index (χ1v) is 7.94. The first kappa shape index (κ1) is 13.9. The molecule has 0 amide bonds. The molecule has 0 spiro atoms. The minimum Gasteiger partial charge on any atom is -0.389 e. The third-order valence-electron chi connectivity index (χ3n) is 2.91. The van der Waals surface area contributed by atoms with Crippen LogP contribution in [0.3, 0.4) is 0 Å². The van der Waals surface area contributed by atoms with E-state index in [9.17, 15) is 0 Å². The summed E-state index contributed by atoms with van der Waals surface area (Å²) in [5.41, 5.74) is 0.958. The number of rotatable bonds is 7. The third kappa shape index (κ3) is 3.56. The van der Waals surface area contributed by atoms with Crippen LogP contribution in [-0.4, -0.2) is 21.7 Å². The molecule has 3 heteroatoms. The summed E-state index contributed by atoms with van der Waals surface area (Å²) >= 11 is 0. The van der Waals surface area contributed by atoms with Gasteiger partial charge in [-0.2, -0.15) is 0 Å². The van der Waals surface area contributed by atoms with E-state index in [0.717, 1.165) is 23.7 Å². The van der Waals surface area contributed by atoms with Crippen LogP contribution in [-0.2, 0) is 9.16 Å². The zero-order valence-electron chi connectivity index (χ0n) is 10.2. The van der Waals surface area contributed by atoms with Gasteiger partial charge in [0.25, 0.3) is 0 Å². The maximum absolute atomic E-state index is 6.11. The lowest BCUT2D eigenvalue weighted by molar-refractivity contribution is -0.0325. The fourth-order valence-corrected chi connectivity index (χ4v) is 4.33. The number of methoxy groups -OCH3 is 1. The fraction of sp³-hybridized carbons (Fsp3) is 0.818. The quantitative estimate of drug-likeness (QED) is 0.368. The molecule has 0 aromatic rings. The van der Waals surface area contributed by atoms with Gasteiger partial charge in [-0.3, -0.25) is 0 Å². The molecule has 0 heterocycles. The molecule has 84 valence electrons. The molecule has 0 aliphatic rings. The predicted octanol–water partition coefficient (Wildman–Crippen LogP) is 3.56. The molecule has 0 radical (unpaired) electrons. The standard InChI is InChI=1S/C11H24O2Si/c1-7-14(8-2,9-3)13-11(12-6)10(4)5/h11H,4,7-9H2,1-3,5-6H3. The molecule has 0 aliphatic carbocycles. The van der Waals surface area contributed by atoms with Crippen LogP contribution in [0.5, 0.6) is 0 Å². The average Bonchev–Trinajstić information content (AvgIpc) is 2.20. The summed E-state index contributed by atoms with van der Waals surface area (Å²) in [6.45, 7) is 12.5. The van der Waals surface area contributed by atoms with E-state index in [0.29, 0.717) is 0 Å². The lowest BCUT2D eigenvalue weighted by Gasteiger charge is -2.32. The van der Waals surface area contributed by atoms with Crippen molar-refractivity contribution in [2.75, 3.05) is 7.11 Å². The molecule has 0 rings (SSSR count). The molecule has 1 unspecified atom stereocenters. The van der Waals surface area contributed by atoms with Gasteiger partial charge in [0.05, 0.1) is 0 Å².